The van der Waals surface area contributed by atoms with Gasteiger partial charge in [-0.2, -0.15) is 4.98 Å². The molecule has 0 saturated carbocycles. The van der Waals surface area contributed by atoms with Crippen molar-refractivity contribution in [1.29, 1.82) is 0 Å². The highest BCUT2D eigenvalue weighted by molar-refractivity contribution is 5.79. The molecule has 122 valence electrons. The highest BCUT2D eigenvalue weighted by Gasteiger charge is 2.16. The fraction of sp³-hybridized carbons (Fsp3) is 0.211. The number of rotatable bonds is 5. The molecule has 1 aromatic heterocycles. The van der Waals surface area contributed by atoms with Crippen LogP contribution in [0.15, 0.2) is 59.4 Å². The van der Waals surface area contributed by atoms with Crippen molar-refractivity contribution in [1.82, 2.24) is 9.55 Å². The number of carboxylic acid groups (broad SMARTS) is 1. The molecule has 0 saturated heterocycles. The molecule has 0 aliphatic rings. The van der Waals surface area contributed by atoms with Crippen molar-refractivity contribution in [3.05, 3.63) is 76.3 Å². The van der Waals surface area contributed by atoms with Crippen LogP contribution in [0.4, 0.5) is 0 Å². The molecule has 0 amide bonds. The molecule has 1 heterocycles. The molecule has 3 rings (SSSR count). The van der Waals surface area contributed by atoms with E-state index in [0.29, 0.717) is 23.1 Å². The number of aliphatic carboxylic acids is 1. The van der Waals surface area contributed by atoms with E-state index in [2.05, 4.69) is 4.98 Å². The molecule has 0 aliphatic carbocycles. The molecule has 0 fully saturated rings. The van der Waals surface area contributed by atoms with E-state index >= 15 is 0 Å². The van der Waals surface area contributed by atoms with Crippen molar-refractivity contribution >= 4 is 16.9 Å². The molecule has 2 aromatic carbocycles. The monoisotopic (exact) mass is 322 g/mol. The van der Waals surface area contributed by atoms with Crippen LogP contribution in [0.3, 0.4) is 0 Å². The van der Waals surface area contributed by atoms with E-state index in [0.717, 1.165) is 5.56 Å². The second-order valence-electron chi connectivity index (χ2n) is 5.85. The summed E-state index contributed by atoms with van der Waals surface area (Å²) in [4.78, 5) is 27.7. The van der Waals surface area contributed by atoms with Gasteiger partial charge in [0.1, 0.15) is 12.4 Å². The predicted molar refractivity (Wildman–Crippen MR) is 92.2 cm³/mol. The van der Waals surface area contributed by atoms with Crippen LogP contribution in [-0.4, -0.2) is 20.6 Å². The Hall–Kier alpha value is -2.95. The van der Waals surface area contributed by atoms with E-state index in [1.165, 1.54) is 0 Å². The average molecular weight is 322 g/mol. The normalized spacial score (nSPS) is 12.2. The average Bonchev–Trinajstić information content (AvgIpc) is 2.59. The van der Waals surface area contributed by atoms with Crippen LogP contribution >= 0.6 is 0 Å². The van der Waals surface area contributed by atoms with Crippen molar-refractivity contribution in [2.75, 3.05) is 0 Å². The molecule has 5 nitrogen and oxygen atoms in total. The Morgan fingerprint density at radius 3 is 2.50 bits per heavy atom. The number of para-hydroxylation sites is 1. The summed E-state index contributed by atoms with van der Waals surface area (Å²) in [5.74, 6) is -0.337. The van der Waals surface area contributed by atoms with E-state index < -0.39 is 5.97 Å². The molecule has 1 unspecified atom stereocenters. The Kier molecular flexibility index (Phi) is 4.42. The zero-order chi connectivity index (χ0) is 17.1. The van der Waals surface area contributed by atoms with Crippen molar-refractivity contribution in [3.63, 3.8) is 0 Å². The fourth-order valence-corrected chi connectivity index (χ4v) is 2.91. The Balaban J connectivity index is 2.09. The van der Waals surface area contributed by atoms with Gasteiger partial charge in [-0.25, -0.2) is 0 Å². The van der Waals surface area contributed by atoms with E-state index in [1.807, 2.05) is 37.3 Å². The minimum atomic E-state index is -0.959. The first kappa shape index (κ1) is 15.9. The summed E-state index contributed by atoms with van der Waals surface area (Å²) in [6, 6.07) is 16.9. The first-order valence-corrected chi connectivity index (χ1v) is 7.81. The van der Waals surface area contributed by atoms with E-state index in [9.17, 15) is 14.7 Å². The Morgan fingerprint density at radius 2 is 1.79 bits per heavy atom. The number of carboxylic acids is 1. The van der Waals surface area contributed by atoms with Crippen molar-refractivity contribution in [3.8, 4) is 0 Å². The van der Waals surface area contributed by atoms with Crippen LogP contribution in [-0.2, 0) is 17.8 Å². The largest absolute Gasteiger partial charge is 0.480 e. The van der Waals surface area contributed by atoms with Crippen molar-refractivity contribution in [2.24, 2.45) is 0 Å². The predicted octanol–water partition coefficient (Wildman–Crippen LogP) is 2.83. The maximum Gasteiger partial charge on any atom is 0.323 e. The lowest BCUT2D eigenvalue weighted by Crippen LogP contribution is -2.23. The van der Waals surface area contributed by atoms with Gasteiger partial charge in [0.15, 0.2) is 0 Å². The molecule has 3 aromatic rings. The zero-order valence-corrected chi connectivity index (χ0v) is 13.3. The topological polar surface area (TPSA) is 72.2 Å². The lowest BCUT2D eigenvalue weighted by atomic mass is 9.97. The highest BCUT2D eigenvalue weighted by atomic mass is 16.4. The number of fused-ring (bicyclic) bond motifs is 1. The third kappa shape index (κ3) is 3.20. The van der Waals surface area contributed by atoms with Gasteiger partial charge in [0.2, 0.25) is 0 Å². The van der Waals surface area contributed by atoms with Gasteiger partial charge in [0.05, 0.1) is 10.9 Å². The first-order chi connectivity index (χ1) is 11.6. The highest BCUT2D eigenvalue weighted by Crippen LogP contribution is 2.21. The second-order valence-corrected chi connectivity index (χ2v) is 5.85. The summed E-state index contributed by atoms with van der Waals surface area (Å²) in [5, 5.41) is 9.68. The first-order valence-electron chi connectivity index (χ1n) is 7.81. The summed E-state index contributed by atoms with van der Waals surface area (Å²) in [7, 11) is 0. The van der Waals surface area contributed by atoms with Gasteiger partial charge in [0.25, 0.3) is 5.56 Å². The summed E-state index contributed by atoms with van der Waals surface area (Å²) >= 11 is 0. The third-order valence-electron chi connectivity index (χ3n) is 4.12. The van der Waals surface area contributed by atoms with Crippen LogP contribution in [0.1, 0.15) is 24.2 Å². The van der Waals surface area contributed by atoms with Gasteiger partial charge >= 0.3 is 5.97 Å². The minimum absolute atomic E-state index is 0.124. The van der Waals surface area contributed by atoms with Crippen LogP contribution in [0.25, 0.3) is 10.9 Å². The molecule has 5 heteroatoms. The van der Waals surface area contributed by atoms with Gasteiger partial charge in [-0.15, -0.1) is 0 Å². The SMILES string of the molecule is CC(Cc1nc(=O)c2ccccc2n1CC(=O)O)c1ccccc1. The second kappa shape index (κ2) is 6.66. The molecule has 0 spiro atoms. The molecular weight excluding hydrogens is 304 g/mol. The van der Waals surface area contributed by atoms with Crippen LogP contribution < -0.4 is 5.56 Å². The van der Waals surface area contributed by atoms with E-state index in [4.69, 9.17) is 0 Å². The van der Waals surface area contributed by atoms with Crippen LogP contribution in [0, 0.1) is 0 Å². The zero-order valence-electron chi connectivity index (χ0n) is 13.3. The van der Waals surface area contributed by atoms with Crippen molar-refractivity contribution in [2.45, 2.75) is 25.8 Å². The molecule has 24 heavy (non-hydrogen) atoms. The molecular formula is C19H18N2O3. The Labute approximate surface area is 139 Å². The minimum Gasteiger partial charge on any atom is -0.480 e. The van der Waals surface area contributed by atoms with Gasteiger partial charge in [-0.3, -0.25) is 9.59 Å². The summed E-state index contributed by atoms with van der Waals surface area (Å²) in [5.41, 5.74) is 1.42. The number of hydrogen-bond acceptors (Lipinski definition) is 3. The van der Waals surface area contributed by atoms with Gasteiger partial charge in [-0.05, 0) is 23.6 Å². The molecule has 1 atom stereocenters. The maximum atomic E-state index is 12.3. The number of aromatic nitrogens is 2. The van der Waals surface area contributed by atoms with Crippen LogP contribution in [0.5, 0.6) is 0 Å². The fourth-order valence-electron chi connectivity index (χ4n) is 2.91. The summed E-state index contributed by atoms with van der Waals surface area (Å²) in [6.07, 6.45) is 0.497. The lowest BCUT2D eigenvalue weighted by Gasteiger charge is -2.17. The lowest BCUT2D eigenvalue weighted by molar-refractivity contribution is -0.137. The maximum absolute atomic E-state index is 12.3. The van der Waals surface area contributed by atoms with Gasteiger partial charge < -0.3 is 9.67 Å². The quantitative estimate of drug-likeness (QED) is 0.784. The number of hydrogen-bond donors (Lipinski definition) is 1. The number of carbonyl (C=O) groups is 1. The smallest absolute Gasteiger partial charge is 0.323 e. The van der Waals surface area contributed by atoms with Crippen LogP contribution in [0.2, 0.25) is 0 Å². The van der Waals surface area contributed by atoms with Gasteiger partial charge in [-0.1, -0.05) is 49.4 Å². The number of nitrogens with zero attached hydrogens (tertiary/aromatic N) is 2. The molecule has 0 bridgehead atoms. The van der Waals surface area contributed by atoms with E-state index in [1.54, 1.807) is 28.8 Å². The van der Waals surface area contributed by atoms with Gasteiger partial charge in [0, 0.05) is 6.42 Å². The van der Waals surface area contributed by atoms with Crippen molar-refractivity contribution < 1.29 is 9.90 Å². The molecule has 1 N–H and O–H groups in total. The summed E-state index contributed by atoms with van der Waals surface area (Å²) in [6.45, 7) is 1.83. The third-order valence-corrected chi connectivity index (χ3v) is 4.12. The molecule has 0 aliphatic heterocycles. The summed E-state index contributed by atoms with van der Waals surface area (Å²) < 4.78 is 1.62. The number of benzene rings is 2. The molecule has 0 radical (unpaired) electrons. The van der Waals surface area contributed by atoms with E-state index in [-0.39, 0.29) is 18.0 Å². The Bertz CT molecular complexity index is 932. The Morgan fingerprint density at radius 1 is 1.12 bits per heavy atom. The standard InChI is InChI=1S/C19H18N2O3/c1-13(14-7-3-2-4-8-14)11-17-20-19(24)15-9-5-6-10-16(15)21(17)12-18(22)23/h2-10,13H,11-12H2,1H3,(H,22,23).